The van der Waals surface area contributed by atoms with Gasteiger partial charge in [-0.1, -0.05) is 127 Å². The molecule has 9 rings (SSSR count). The molecule has 0 aliphatic carbocycles. The lowest BCUT2D eigenvalue weighted by Crippen LogP contribution is -1.91. The molecule has 0 amide bonds. The van der Waals surface area contributed by atoms with E-state index in [4.69, 9.17) is 18.1 Å². The lowest BCUT2D eigenvalue weighted by molar-refractivity contribution is 0.669. The van der Waals surface area contributed by atoms with E-state index in [1.165, 1.54) is 0 Å². The molecule has 0 unspecified atom stereocenters. The maximum Gasteiger partial charge on any atom is 0.136 e. The molecule has 0 spiro atoms. The van der Waals surface area contributed by atoms with Crippen molar-refractivity contribution in [2.45, 2.75) is 0 Å². The number of hydrogen-bond acceptors (Lipinski definition) is 1. The Kier molecular flexibility index (Phi) is 3.07. The Balaban J connectivity index is 1.51. The van der Waals surface area contributed by atoms with Crippen LogP contribution in [0.3, 0.4) is 0 Å². The largest absolute Gasteiger partial charge is 0.456 e. The van der Waals surface area contributed by atoms with Gasteiger partial charge in [-0.3, -0.25) is 0 Å². The van der Waals surface area contributed by atoms with Crippen molar-refractivity contribution in [2.75, 3.05) is 0 Å². The summed E-state index contributed by atoms with van der Waals surface area (Å²) >= 11 is 0. The van der Waals surface area contributed by atoms with Gasteiger partial charge in [-0.25, -0.2) is 0 Å². The Morgan fingerprint density at radius 3 is 1.84 bits per heavy atom. The highest BCUT2D eigenvalue weighted by atomic mass is 16.3. The van der Waals surface area contributed by atoms with Crippen LogP contribution in [0, 0.1) is 0 Å². The molecule has 1 heteroatoms. The molecule has 0 N–H and O–H groups in total. The van der Waals surface area contributed by atoms with E-state index in [1.807, 2.05) is 42.5 Å². The number of furan rings is 1. The molecule has 8 aromatic carbocycles. The third kappa shape index (κ3) is 3.79. The van der Waals surface area contributed by atoms with Crippen molar-refractivity contribution >= 4 is 54.3 Å². The molecule has 1 nitrogen and oxygen atoms in total. The van der Waals surface area contributed by atoms with E-state index < -0.39 is 78.6 Å². The standard InChI is InChI=1S/C42H26O/c1-3-11-27(12-4-1)31-19-21-35-38(24-31)42(34-18-10-9-17-33(34)41(35)28-13-5-2-6-14-28)32-20-22-39-36(25-32)37-23-29-15-7-8-16-30(29)26-40(37)43-39/h1-26H/i2D,5D,6D,7D,8D,13D,14D,15D,16D,20D,22D,23D,25D,26D. The van der Waals surface area contributed by atoms with Crippen LogP contribution in [0.25, 0.3) is 87.6 Å². The summed E-state index contributed by atoms with van der Waals surface area (Å²) in [7, 11) is 0. The Hall–Kier alpha value is -5.66. The normalized spacial score (nSPS) is 16.3. The molecular weight excluding hydrogens is 520 g/mol. The average Bonchev–Trinajstić information content (AvgIpc) is 3.64. The van der Waals surface area contributed by atoms with Gasteiger partial charge in [0.2, 0.25) is 0 Å². The molecule has 0 fully saturated rings. The van der Waals surface area contributed by atoms with Gasteiger partial charge in [0.1, 0.15) is 11.2 Å². The van der Waals surface area contributed by atoms with Crippen molar-refractivity contribution in [1.82, 2.24) is 0 Å². The van der Waals surface area contributed by atoms with Crippen LogP contribution < -0.4 is 0 Å². The van der Waals surface area contributed by atoms with E-state index in [0.29, 0.717) is 32.7 Å². The fraction of sp³-hybridized carbons (Fsp3) is 0. The summed E-state index contributed by atoms with van der Waals surface area (Å²) in [6.45, 7) is 0. The van der Waals surface area contributed by atoms with Gasteiger partial charge in [0, 0.05) is 10.8 Å². The summed E-state index contributed by atoms with van der Waals surface area (Å²) in [6.07, 6.45) is 0. The Labute approximate surface area is 268 Å². The van der Waals surface area contributed by atoms with E-state index in [-0.39, 0.29) is 49.9 Å². The van der Waals surface area contributed by atoms with Gasteiger partial charge in [0.05, 0.1) is 19.2 Å². The van der Waals surface area contributed by atoms with Gasteiger partial charge < -0.3 is 4.42 Å². The van der Waals surface area contributed by atoms with E-state index in [2.05, 4.69) is 0 Å². The molecular formula is C42H26O. The first-order chi connectivity index (χ1) is 27.2. The van der Waals surface area contributed by atoms with Crippen LogP contribution in [-0.4, -0.2) is 0 Å². The summed E-state index contributed by atoms with van der Waals surface area (Å²) in [5.41, 5.74) is 1.65. The van der Waals surface area contributed by atoms with E-state index in [1.54, 1.807) is 30.3 Å². The second-order valence-electron chi connectivity index (χ2n) is 10.2. The van der Waals surface area contributed by atoms with Gasteiger partial charge in [-0.2, -0.15) is 0 Å². The highest BCUT2D eigenvalue weighted by Gasteiger charge is 2.19. The number of fused-ring (bicyclic) bond motifs is 6. The zero-order chi connectivity index (χ0) is 40.5. The number of rotatable bonds is 3. The topological polar surface area (TPSA) is 13.1 Å². The van der Waals surface area contributed by atoms with Crippen molar-refractivity contribution in [3.63, 3.8) is 0 Å². The number of hydrogen-bond donors (Lipinski definition) is 0. The Morgan fingerprint density at radius 1 is 0.395 bits per heavy atom. The molecule has 0 radical (unpaired) electrons. The van der Waals surface area contributed by atoms with Crippen LogP contribution in [0.15, 0.2) is 162 Å². The fourth-order valence-electron chi connectivity index (χ4n) is 5.89. The minimum Gasteiger partial charge on any atom is -0.456 e. The second-order valence-corrected chi connectivity index (χ2v) is 10.2. The van der Waals surface area contributed by atoms with Crippen LogP contribution in [0.2, 0.25) is 0 Å². The third-order valence-corrected chi connectivity index (χ3v) is 7.77. The van der Waals surface area contributed by atoms with Crippen molar-refractivity contribution in [1.29, 1.82) is 0 Å². The summed E-state index contributed by atoms with van der Waals surface area (Å²) in [5, 5.41) is 1.10. The molecule has 9 aromatic rings. The van der Waals surface area contributed by atoms with Gasteiger partial charge in [0.25, 0.3) is 0 Å². The first-order valence-electron chi connectivity index (χ1n) is 20.6. The molecule has 0 saturated carbocycles. The summed E-state index contributed by atoms with van der Waals surface area (Å²) < 4.78 is 130. The predicted molar refractivity (Wildman–Crippen MR) is 183 cm³/mol. The van der Waals surface area contributed by atoms with Crippen LogP contribution >= 0.6 is 0 Å². The Bertz CT molecular complexity index is 3250. The monoisotopic (exact) mass is 560 g/mol. The second kappa shape index (κ2) is 9.44. The quantitative estimate of drug-likeness (QED) is 0.196. The molecule has 200 valence electrons. The fourth-order valence-corrected chi connectivity index (χ4v) is 5.89. The molecule has 0 bridgehead atoms. The smallest absolute Gasteiger partial charge is 0.136 e. The van der Waals surface area contributed by atoms with Gasteiger partial charge in [-0.05, 0) is 95.9 Å². The number of benzene rings is 8. The lowest BCUT2D eigenvalue weighted by Gasteiger charge is -2.19. The van der Waals surface area contributed by atoms with Crippen molar-refractivity contribution in [3.8, 4) is 33.4 Å². The van der Waals surface area contributed by atoms with Crippen molar-refractivity contribution < 1.29 is 23.6 Å². The molecule has 43 heavy (non-hydrogen) atoms. The molecule has 0 aliphatic heterocycles. The molecule has 0 aliphatic rings. The first kappa shape index (κ1) is 14.0. The lowest BCUT2D eigenvalue weighted by atomic mass is 9.84. The van der Waals surface area contributed by atoms with E-state index in [0.717, 1.165) is 11.1 Å². The van der Waals surface area contributed by atoms with Gasteiger partial charge in [0.15, 0.2) is 0 Å². The van der Waals surface area contributed by atoms with Crippen molar-refractivity contribution in [2.24, 2.45) is 0 Å². The first-order valence-corrected chi connectivity index (χ1v) is 13.6. The van der Waals surface area contributed by atoms with Crippen LogP contribution in [0.4, 0.5) is 0 Å². The Morgan fingerprint density at radius 2 is 1.05 bits per heavy atom. The third-order valence-electron chi connectivity index (χ3n) is 7.77. The minimum atomic E-state index is -0.597. The zero-order valence-electron chi connectivity index (χ0n) is 36.3. The van der Waals surface area contributed by atoms with E-state index >= 15 is 0 Å². The predicted octanol–water partition coefficient (Wildman–Crippen LogP) is 12.0. The van der Waals surface area contributed by atoms with E-state index in [9.17, 15) is 5.48 Å². The van der Waals surface area contributed by atoms with Crippen LogP contribution in [0.5, 0.6) is 0 Å². The summed E-state index contributed by atoms with van der Waals surface area (Å²) in [4.78, 5) is 0. The highest BCUT2D eigenvalue weighted by Crippen LogP contribution is 2.46. The summed E-state index contributed by atoms with van der Waals surface area (Å²) in [5.74, 6) is 0. The van der Waals surface area contributed by atoms with Gasteiger partial charge in [-0.15, -0.1) is 0 Å². The molecule has 1 heterocycles. The minimum absolute atomic E-state index is 0.0322. The molecule has 0 saturated heterocycles. The SMILES string of the molecule is [2H]c1c([2H])c([2H])c(-c2c3ccccc3c(-c3c([2H])c([2H])c4oc5c([2H])c6c([2H])c([2H])c([2H])c([2H])c6c([2H])c5c4c3[2H])c3cc(-c4ccccc4)ccc23)c([2H])c1[2H]. The maximum atomic E-state index is 9.81. The van der Waals surface area contributed by atoms with Crippen LogP contribution in [-0.2, 0) is 0 Å². The van der Waals surface area contributed by atoms with Crippen molar-refractivity contribution in [3.05, 3.63) is 157 Å². The zero-order valence-corrected chi connectivity index (χ0v) is 22.3. The molecule has 1 aromatic heterocycles. The van der Waals surface area contributed by atoms with Gasteiger partial charge >= 0.3 is 0 Å². The maximum absolute atomic E-state index is 9.81. The summed E-state index contributed by atoms with van der Waals surface area (Å²) in [6, 6.07) is 15.1. The van der Waals surface area contributed by atoms with Crippen LogP contribution in [0.1, 0.15) is 19.2 Å². The highest BCUT2D eigenvalue weighted by molar-refractivity contribution is 6.23. The molecule has 0 atom stereocenters. The average molecular weight is 561 g/mol.